The van der Waals surface area contributed by atoms with Gasteiger partial charge in [0.15, 0.2) is 0 Å². The van der Waals surface area contributed by atoms with E-state index in [2.05, 4.69) is 15.9 Å². The molecule has 0 radical (unpaired) electrons. The van der Waals surface area contributed by atoms with Crippen molar-refractivity contribution in [2.45, 2.75) is 5.33 Å². The number of aromatic carboxylic acids is 1. The van der Waals surface area contributed by atoms with E-state index in [1.807, 2.05) is 0 Å². The molecule has 0 aliphatic heterocycles. The van der Waals surface area contributed by atoms with Crippen LogP contribution in [0.5, 0.6) is 0 Å². The minimum absolute atomic E-state index is 0.0489. The number of carboxylic acids is 1. The molecule has 0 aliphatic rings. The summed E-state index contributed by atoms with van der Waals surface area (Å²) >= 11 is 3.00. The minimum Gasteiger partial charge on any atom is -0.477 e. The molecule has 0 unspecified atom stereocenters. The van der Waals surface area contributed by atoms with Gasteiger partial charge in [0.1, 0.15) is 5.56 Å². The Labute approximate surface area is 98.4 Å². The van der Waals surface area contributed by atoms with Crippen LogP contribution in [0, 0.1) is 21.4 Å². The van der Waals surface area contributed by atoms with Crippen molar-refractivity contribution in [3.05, 3.63) is 38.9 Å². The lowest BCUT2D eigenvalue weighted by Gasteiger charge is -2.04. The van der Waals surface area contributed by atoms with Crippen molar-refractivity contribution < 1.29 is 14.8 Å². The third kappa shape index (κ3) is 2.01. The van der Waals surface area contributed by atoms with E-state index in [0.29, 0.717) is 0 Å². The number of rotatable bonds is 3. The standard InChI is InChI=1S/C9H5BrN2O4/c10-3-7-5(4-11)1-2-6(9(13)14)8(7)12(15)16/h1-2H,3H2,(H,13,14). The summed E-state index contributed by atoms with van der Waals surface area (Å²) < 4.78 is 0. The maximum atomic E-state index is 10.8. The predicted molar refractivity (Wildman–Crippen MR) is 57.4 cm³/mol. The lowest BCUT2D eigenvalue weighted by atomic mass is 10.0. The summed E-state index contributed by atoms with van der Waals surface area (Å²) in [6, 6.07) is 4.10. The van der Waals surface area contributed by atoms with Gasteiger partial charge >= 0.3 is 5.97 Å². The maximum absolute atomic E-state index is 10.8. The molecule has 0 aliphatic carbocycles. The van der Waals surface area contributed by atoms with Crippen LogP contribution < -0.4 is 0 Å². The summed E-state index contributed by atoms with van der Waals surface area (Å²) in [6.45, 7) is 0. The first-order valence-corrected chi connectivity index (χ1v) is 5.14. The van der Waals surface area contributed by atoms with Gasteiger partial charge in [-0.2, -0.15) is 5.26 Å². The highest BCUT2D eigenvalue weighted by atomic mass is 79.9. The fourth-order valence-corrected chi connectivity index (χ4v) is 1.83. The summed E-state index contributed by atoms with van der Waals surface area (Å²) in [6.07, 6.45) is 0. The zero-order chi connectivity index (χ0) is 12.3. The first kappa shape index (κ1) is 12.1. The van der Waals surface area contributed by atoms with Crippen molar-refractivity contribution in [1.82, 2.24) is 0 Å². The Kier molecular flexibility index (Phi) is 3.58. The number of hydrogen-bond donors (Lipinski definition) is 1. The number of carbonyl (C=O) groups is 1. The molecule has 1 aromatic rings. The first-order valence-electron chi connectivity index (χ1n) is 4.02. The van der Waals surface area contributed by atoms with E-state index in [1.165, 1.54) is 6.07 Å². The second-order valence-electron chi connectivity index (χ2n) is 2.80. The smallest absolute Gasteiger partial charge is 0.342 e. The number of halogens is 1. The van der Waals surface area contributed by atoms with E-state index < -0.39 is 22.1 Å². The molecule has 0 aromatic heterocycles. The van der Waals surface area contributed by atoms with Crippen LogP contribution in [0.25, 0.3) is 0 Å². The van der Waals surface area contributed by atoms with Crippen molar-refractivity contribution in [2.75, 3.05) is 0 Å². The molecule has 16 heavy (non-hydrogen) atoms. The number of nitrogens with zero attached hydrogens (tertiary/aromatic N) is 2. The first-order chi connectivity index (χ1) is 7.52. The molecule has 0 saturated carbocycles. The number of nitro benzene ring substituents is 1. The van der Waals surface area contributed by atoms with Crippen molar-refractivity contribution in [3.63, 3.8) is 0 Å². The summed E-state index contributed by atoms with van der Waals surface area (Å²) in [7, 11) is 0. The second-order valence-corrected chi connectivity index (χ2v) is 3.36. The fourth-order valence-electron chi connectivity index (χ4n) is 1.26. The number of carboxylic acid groups (broad SMARTS) is 1. The van der Waals surface area contributed by atoms with E-state index in [4.69, 9.17) is 10.4 Å². The monoisotopic (exact) mass is 284 g/mol. The van der Waals surface area contributed by atoms with Gasteiger partial charge in [0, 0.05) is 5.33 Å². The van der Waals surface area contributed by atoms with Crippen molar-refractivity contribution in [3.8, 4) is 6.07 Å². The van der Waals surface area contributed by atoms with Crippen LogP contribution in [0.1, 0.15) is 21.5 Å². The van der Waals surface area contributed by atoms with Crippen molar-refractivity contribution in [1.29, 1.82) is 5.26 Å². The number of nitriles is 1. The van der Waals surface area contributed by atoms with Gasteiger partial charge in [0.25, 0.3) is 5.69 Å². The van der Waals surface area contributed by atoms with Gasteiger partial charge in [-0.3, -0.25) is 10.1 Å². The Balaban J connectivity index is 3.65. The van der Waals surface area contributed by atoms with E-state index in [9.17, 15) is 14.9 Å². The van der Waals surface area contributed by atoms with Crippen LogP contribution in [0.3, 0.4) is 0 Å². The van der Waals surface area contributed by atoms with Crippen LogP contribution in [0.15, 0.2) is 12.1 Å². The minimum atomic E-state index is -1.39. The molecule has 0 spiro atoms. The molecule has 82 valence electrons. The average Bonchev–Trinajstić information content (AvgIpc) is 2.26. The summed E-state index contributed by atoms with van der Waals surface area (Å²) in [5.41, 5.74) is -0.789. The van der Waals surface area contributed by atoms with Crippen molar-refractivity contribution in [2.24, 2.45) is 0 Å². The molecule has 0 bridgehead atoms. The maximum Gasteiger partial charge on any atom is 0.342 e. The van der Waals surface area contributed by atoms with Crippen LogP contribution in [0.4, 0.5) is 5.69 Å². The number of hydrogen-bond acceptors (Lipinski definition) is 4. The van der Waals surface area contributed by atoms with E-state index >= 15 is 0 Å². The molecule has 1 aromatic carbocycles. The van der Waals surface area contributed by atoms with Crippen LogP contribution in [0.2, 0.25) is 0 Å². The van der Waals surface area contributed by atoms with Crippen molar-refractivity contribution >= 4 is 27.6 Å². The Bertz CT molecular complexity index is 507. The normalized spacial score (nSPS) is 9.50. The molecule has 6 nitrogen and oxygen atoms in total. The largest absolute Gasteiger partial charge is 0.477 e. The van der Waals surface area contributed by atoms with E-state index in [-0.39, 0.29) is 16.5 Å². The Hall–Kier alpha value is -1.94. The van der Waals surface area contributed by atoms with Gasteiger partial charge in [0.05, 0.1) is 22.1 Å². The SMILES string of the molecule is N#Cc1ccc(C(=O)O)c([N+](=O)[O-])c1CBr. The molecule has 0 fully saturated rings. The average molecular weight is 285 g/mol. The summed E-state index contributed by atoms with van der Waals surface area (Å²) in [4.78, 5) is 20.8. The zero-order valence-electron chi connectivity index (χ0n) is 7.81. The highest BCUT2D eigenvalue weighted by Crippen LogP contribution is 2.28. The predicted octanol–water partition coefficient (Wildman–Crippen LogP) is 2.06. The van der Waals surface area contributed by atoms with Gasteiger partial charge in [-0.15, -0.1) is 0 Å². The third-order valence-electron chi connectivity index (χ3n) is 1.95. The molecular formula is C9H5BrN2O4. The molecule has 1 rings (SSSR count). The fraction of sp³-hybridized carbons (Fsp3) is 0.111. The molecular weight excluding hydrogens is 280 g/mol. The lowest BCUT2D eigenvalue weighted by molar-refractivity contribution is -0.385. The van der Waals surface area contributed by atoms with Crippen LogP contribution >= 0.6 is 15.9 Å². The Morgan fingerprint density at radius 3 is 2.62 bits per heavy atom. The highest BCUT2D eigenvalue weighted by Gasteiger charge is 2.26. The number of nitro groups is 1. The molecule has 0 heterocycles. The topological polar surface area (TPSA) is 104 Å². The highest BCUT2D eigenvalue weighted by molar-refractivity contribution is 9.08. The summed E-state index contributed by atoms with van der Waals surface area (Å²) in [5, 5.41) is 28.4. The molecule has 0 atom stereocenters. The second kappa shape index (κ2) is 4.72. The van der Waals surface area contributed by atoms with E-state index in [0.717, 1.165) is 6.07 Å². The quantitative estimate of drug-likeness (QED) is 0.520. The molecule has 7 heteroatoms. The van der Waals surface area contributed by atoms with Gasteiger partial charge in [0.2, 0.25) is 0 Å². The summed E-state index contributed by atoms with van der Waals surface area (Å²) in [5.74, 6) is -1.39. The lowest BCUT2D eigenvalue weighted by Crippen LogP contribution is -2.06. The number of benzene rings is 1. The van der Waals surface area contributed by atoms with Crippen LogP contribution in [-0.2, 0) is 5.33 Å². The zero-order valence-corrected chi connectivity index (χ0v) is 9.39. The van der Waals surface area contributed by atoms with Gasteiger partial charge < -0.3 is 5.11 Å². The van der Waals surface area contributed by atoms with Gasteiger partial charge in [-0.25, -0.2) is 4.79 Å². The van der Waals surface area contributed by atoms with Gasteiger partial charge in [-0.1, -0.05) is 15.9 Å². The molecule has 0 saturated heterocycles. The van der Waals surface area contributed by atoms with E-state index in [1.54, 1.807) is 6.07 Å². The van der Waals surface area contributed by atoms with Gasteiger partial charge in [-0.05, 0) is 12.1 Å². The molecule has 1 N–H and O–H groups in total. The number of alkyl halides is 1. The third-order valence-corrected chi connectivity index (χ3v) is 2.51. The van der Waals surface area contributed by atoms with Crippen LogP contribution in [-0.4, -0.2) is 16.0 Å². The Morgan fingerprint density at radius 1 is 1.62 bits per heavy atom. The molecule has 0 amide bonds. The Morgan fingerprint density at radius 2 is 2.25 bits per heavy atom.